The fourth-order valence-electron chi connectivity index (χ4n) is 4.48. The third-order valence-electron chi connectivity index (χ3n) is 6.52. The molecule has 1 fully saturated rings. The molecule has 4 rings (SSSR count). The highest BCUT2D eigenvalue weighted by Crippen LogP contribution is 2.39. The molecule has 7 heteroatoms. The number of carbonyl (C=O) groups is 2. The third kappa shape index (κ3) is 4.83. The Labute approximate surface area is 197 Å². The number of ether oxygens (including phenoxy) is 3. The van der Waals surface area contributed by atoms with E-state index in [1.54, 1.807) is 0 Å². The van der Waals surface area contributed by atoms with Crippen LogP contribution in [0.15, 0.2) is 54.6 Å². The number of benzene rings is 3. The molecule has 0 radical (unpaired) electrons. The van der Waals surface area contributed by atoms with Crippen molar-refractivity contribution in [3.63, 3.8) is 0 Å². The van der Waals surface area contributed by atoms with E-state index in [0.717, 1.165) is 22.4 Å². The number of esters is 1. The lowest BCUT2D eigenvalue weighted by Gasteiger charge is -2.35. The Kier molecular flexibility index (Phi) is 6.72. The summed E-state index contributed by atoms with van der Waals surface area (Å²) in [6.45, 7) is 2.10. The van der Waals surface area contributed by atoms with Gasteiger partial charge < -0.3 is 19.3 Å². The number of rotatable bonds is 7. The number of hydrogen-bond acceptors (Lipinski definition) is 5. The second-order valence-electron chi connectivity index (χ2n) is 8.88. The van der Waals surface area contributed by atoms with Crippen molar-refractivity contribution < 1.29 is 33.3 Å². The molecule has 34 heavy (non-hydrogen) atoms. The van der Waals surface area contributed by atoms with Gasteiger partial charge in [-0.05, 0) is 55.0 Å². The predicted octanol–water partition coefficient (Wildman–Crippen LogP) is 5.76. The van der Waals surface area contributed by atoms with E-state index >= 15 is 0 Å². The van der Waals surface area contributed by atoms with Crippen LogP contribution in [0.1, 0.15) is 48.5 Å². The standard InChI is InChI=1S/C27H27FO6/c1-27(26(31)33-16-18-8-5-7-17-6-3-4-9-21(17)18)12-10-19(11-13-27)34-20-14-22(25(29)30)24(32-2)23(28)15-20/h3-9,14-15,19H,10-13,16H2,1-2H3,(H,29,30). The number of carboxylic acids is 1. The quantitative estimate of drug-likeness (QED) is 0.446. The maximum atomic E-state index is 14.2. The van der Waals surface area contributed by atoms with Gasteiger partial charge in [0.1, 0.15) is 17.9 Å². The van der Waals surface area contributed by atoms with Crippen molar-refractivity contribution >= 4 is 22.7 Å². The number of halogens is 1. The monoisotopic (exact) mass is 466 g/mol. The number of fused-ring (bicyclic) bond motifs is 1. The first kappa shape index (κ1) is 23.5. The SMILES string of the molecule is COc1c(F)cc(OC2CCC(C)(C(=O)OCc3cccc4ccccc34)CC2)cc1C(=O)O. The van der Waals surface area contributed by atoms with E-state index in [-0.39, 0.29) is 35.7 Å². The molecule has 0 amide bonds. The van der Waals surface area contributed by atoms with E-state index in [2.05, 4.69) is 0 Å². The van der Waals surface area contributed by atoms with Crippen molar-refractivity contribution in [2.45, 2.75) is 45.3 Å². The van der Waals surface area contributed by atoms with Crippen LogP contribution in [0.25, 0.3) is 10.8 Å². The summed E-state index contributed by atoms with van der Waals surface area (Å²) in [6, 6.07) is 16.3. The molecule has 3 aromatic carbocycles. The van der Waals surface area contributed by atoms with Gasteiger partial charge >= 0.3 is 11.9 Å². The topological polar surface area (TPSA) is 82.1 Å². The largest absolute Gasteiger partial charge is 0.493 e. The molecule has 0 spiro atoms. The second-order valence-corrected chi connectivity index (χ2v) is 8.88. The van der Waals surface area contributed by atoms with Crippen LogP contribution < -0.4 is 9.47 Å². The van der Waals surface area contributed by atoms with Crippen LogP contribution >= 0.6 is 0 Å². The third-order valence-corrected chi connectivity index (χ3v) is 6.52. The molecule has 0 aliphatic heterocycles. The van der Waals surface area contributed by atoms with Crippen LogP contribution in [-0.4, -0.2) is 30.3 Å². The summed E-state index contributed by atoms with van der Waals surface area (Å²) < 4.78 is 30.7. The molecule has 1 N–H and O–H groups in total. The zero-order valence-electron chi connectivity index (χ0n) is 19.2. The lowest BCUT2D eigenvalue weighted by atomic mass is 9.74. The molecule has 0 saturated heterocycles. The highest BCUT2D eigenvalue weighted by atomic mass is 19.1. The van der Waals surface area contributed by atoms with Crippen molar-refractivity contribution in [1.29, 1.82) is 0 Å². The molecule has 1 aliphatic rings. The minimum atomic E-state index is -1.30. The van der Waals surface area contributed by atoms with Crippen LogP contribution in [0.3, 0.4) is 0 Å². The summed E-state index contributed by atoms with van der Waals surface area (Å²) in [6.07, 6.45) is 1.98. The molecule has 0 heterocycles. The summed E-state index contributed by atoms with van der Waals surface area (Å²) in [5.74, 6) is -2.54. The minimum Gasteiger partial charge on any atom is -0.493 e. The molecular formula is C27H27FO6. The van der Waals surface area contributed by atoms with E-state index in [1.165, 1.54) is 13.2 Å². The average molecular weight is 467 g/mol. The molecule has 178 valence electrons. The Hall–Kier alpha value is -3.61. The van der Waals surface area contributed by atoms with Crippen molar-refractivity contribution in [3.05, 3.63) is 71.5 Å². The molecule has 1 aliphatic carbocycles. The molecule has 6 nitrogen and oxygen atoms in total. The number of hydrogen-bond donors (Lipinski definition) is 1. The van der Waals surface area contributed by atoms with Gasteiger partial charge in [-0.1, -0.05) is 42.5 Å². The van der Waals surface area contributed by atoms with Crippen LogP contribution in [0.4, 0.5) is 4.39 Å². The average Bonchev–Trinajstić information content (AvgIpc) is 2.83. The van der Waals surface area contributed by atoms with Gasteiger partial charge in [0.2, 0.25) is 0 Å². The summed E-state index contributed by atoms with van der Waals surface area (Å²) in [7, 11) is 1.21. The van der Waals surface area contributed by atoms with Crippen LogP contribution in [0.2, 0.25) is 0 Å². The van der Waals surface area contributed by atoms with Gasteiger partial charge in [-0.15, -0.1) is 0 Å². The molecule has 0 atom stereocenters. The molecule has 0 unspecified atom stereocenters. The Balaban J connectivity index is 1.37. The van der Waals surface area contributed by atoms with Gasteiger partial charge in [0, 0.05) is 6.07 Å². The highest BCUT2D eigenvalue weighted by molar-refractivity contribution is 5.91. The fourth-order valence-corrected chi connectivity index (χ4v) is 4.48. The van der Waals surface area contributed by atoms with E-state index in [1.807, 2.05) is 49.4 Å². The van der Waals surface area contributed by atoms with Crippen molar-refractivity contribution in [1.82, 2.24) is 0 Å². The van der Waals surface area contributed by atoms with Crippen molar-refractivity contribution in [2.24, 2.45) is 5.41 Å². The Morgan fingerprint density at radius 2 is 1.79 bits per heavy atom. The first-order valence-corrected chi connectivity index (χ1v) is 11.2. The summed E-state index contributed by atoms with van der Waals surface area (Å²) >= 11 is 0. The van der Waals surface area contributed by atoms with E-state index < -0.39 is 17.2 Å². The Bertz CT molecular complexity index is 1210. The van der Waals surface area contributed by atoms with Crippen LogP contribution in [0.5, 0.6) is 11.5 Å². The lowest BCUT2D eigenvalue weighted by Crippen LogP contribution is -2.37. The van der Waals surface area contributed by atoms with Gasteiger partial charge in [-0.3, -0.25) is 4.79 Å². The maximum Gasteiger partial charge on any atom is 0.339 e. The number of aromatic carboxylic acids is 1. The van der Waals surface area contributed by atoms with Gasteiger partial charge in [0.15, 0.2) is 11.6 Å². The smallest absolute Gasteiger partial charge is 0.339 e. The van der Waals surface area contributed by atoms with Gasteiger partial charge in [-0.25, -0.2) is 9.18 Å². The lowest BCUT2D eigenvalue weighted by molar-refractivity contribution is -0.159. The van der Waals surface area contributed by atoms with E-state index in [9.17, 15) is 19.1 Å². The van der Waals surface area contributed by atoms with Crippen molar-refractivity contribution in [3.8, 4) is 11.5 Å². The molecule has 0 aromatic heterocycles. The number of carbonyl (C=O) groups excluding carboxylic acids is 1. The molecule has 0 bridgehead atoms. The molecule has 3 aromatic rings. The van der Waals surface area contributed by atoms with Crippen LogP contribution in [-0.2, 0) is 16.1 Å². The molecular weight excluding hydrogens is 439 g/mol. The Morgan fingerprint density at radius 3 is 2.50 bits per heavy atom. The zero-order valence-corrected chi connectivity index (χ0v) is 19.2. The van der Waals surface area contributed by atoms with Crippen LogP contribution in [0, 0.1) is 11.2 Å². The van der Waals surface area contributed by atoms with E-state index in [0.29, 0.717) is 25.7 Å². The second kappa shape index (κ2) is 9.71. The number of carboxylic acid groups (broad SMARTS) is 1. The fraction of sp³-hybridized carbons (Fsp3) is 0.333. The highest BCUT2D eigenvalue weighted by Gasteiger charge is 2.39. The van der Waals surface area contributed by atoms with Gasteiger partial charge in [-0.2, -0.15) is 0 Å². The first-order valence-electron chi connectivity index (χ1n) is 11.2. The number of methoxy groups -OCH3 is 1. The van der Waals surface area contributed by atoms with Crippen molar-refractivity contribution in [2.75, 3.05) is 7.11 Å². The minimum absolute atomic E-state index is 0.128. The Morgan fingerprint density at radius 1 is 1.09 bits per heavy atom. The molecule has 1 saturated carbocycles. The van der Waals surface area contributed by atoms with Gasteiger partial charge in [0.05, 0.1) is 18.6 Å². The summed E-state index contributed by atoms with van der Waals surface area (Å²) in [5, 5.41) is 11.5. The van der Waals surface area contributed by atoms with E-state index in [4.69, 9.17) is 14.2 Å². The summed E-state index contributed by atoms with van der Waals surface area (Å²) in [4.78, 5) is 24.4. The first-order chi connectivity index (χ1) is 16.3. The maximum absolute atomic E-state index is 14.2. The van der Waals surface area contributed by atoms with Gasteiger partial charge in [0.25, 0.3) is 0 Å². The normalized spacial score (nSPS) is 20.0. The predicted molar refractivity (Wildman–Crippen MR) is 125 cm³/mol. The zero-order chi connectivity index (χ0) is 24.3. The summed E-state index contributed by atoms with van der Waals surface area (Å²) in [5.41, 5.74) is 0.0277.